The molecule has 4 nitrogen and oxygen atoms in total. The lowest BCUT2D eigenvalue weighted by Crippen LogP contribution is -2.13. The van der Waals surface area contributed by atoms with E-state index in [4.69, 9.17) is 14.6 Å². The molecule has 0 aliphatic carbocycles. The molecule has 0 spiro atoms. The molecule has 1 unspecified atom stereocenters. The molecule has 0 aromatic heterocycles. The molecule has 0 amide bonds. The number of carbonyl (C=O) groups is 1. The minimum atomic E-state index is -0.927. The number of carboxylic acids is 1. The van der Waals surface area contributed by atoms with Gasteiger partial charge in [-0.15, -0.1) is 0 Å². The van der Waals surface area contributed by atoms with Crippen molar-refractivity contribution in [1.82, 2.24) is 0 Å². The Kier molecular flexibility index (Phi) is 7.09. The van der Waals surface area contributed by atoms with Crippen molar-refractivity contribution >= 4 is 5.97 Å². The molecule has 0 saturated carbocycles. The number of rotatable bonds is 9. The second-order valence-electron chi connectivity index (χ2n) is 5.34. The van der Waals surface area contributed by atoms with Gasteiger partial charge in [-0.05, 0) is 43.5 Å². The van der Waals surface area contributed by atoms with Crippen LogP contribution in [0.1, 0.15) is 44.0 Å². The molecule has 0 aliphatic rings. The smallest absolute Gasteiger partial charge is 0.335 e. The second kappa shape index (κ2) is 8.59. The van der Waals surface area contributed by atoms with Gasteiger partial charge < -0.3 is 14.6 Å². The van der Waals surface area contributed by atoms with Crippen molar-refractivity contribution in [3.63, 3.8) is 0 Å². The number of hydrogen-bond acceptors (Lipinski definition) is 3. The van der Waals surface area contributed by atoms with Gasteiger partial charge in [-0.2, -0.15) is 0 Å². The van der Waals surface area contributed by atoms with Crippen LogP contribution in [-0.2, 0) is 4.74 Å². The molecule has 0 fully saturated rings. The van der Waals surface area contributed by atoms with Crippen LogP contribution < -0.4 is 4.74 Å². The lowest BCUT2D eigenvalue weighted by Gasteiger charge is -2.15. The van der Waals surface area contributed by atoms with Gasteiger partial charge in [0.25, 0.3) is 0 Å². The highest BCUT2D eigenvalue weighted by molar-refractivity contribution is 5.87. The topological polar surface area (TPSA) is 55.8 Å². The molecule has 1 N–H and O–H groups in total. The van der Waals surface area contributed by atoms with Crippen LogP contribution in [0.2, 0.25) is 0 Å². The van der Waals surface area contributed by atoms with Crippen LogP contribution >= 0.6 is 0 Å². The van der Waals surface area contributed by atoms with Gasteiger partial charge in [0.15, 0.2) is 0 Å². The molecule has 0 saturated heterocycles. The molecular weight excluding hydrogens is 256 g/mol. The SMILES string of the molecule is CC(C)CC(C)OCCCOc1ccc(C(=O)O)cc1. The first-order valence-electron chi connectivity index (χ1n) is 7.06. The maximum Gasteiger partial charge on any atom is 0.335 e. The Morgan fingerprint density at radius 2 is 1.80 bits per heavy atom. The number of aromatic carboxylic acids is 1. The highest BCUT2D eigenvalue weighted by atomic mass is 16.5. The van der Waals surface area contributed by atoms with E-state index >= 15 is 0 Å². The summed E-state index contributed by atoms with van der Waals surface area (Å²) in [6, 6.07) is 6.43. The van der Waals surface area contributed by atoms with E-state index in [9.17, 15) is 4.79 Å². The third-order valence-corrected chi connectivity index (χ3v) is 2.86. The fraction of sp³-hybridized carbons (Fsp3) is 0.562. The normalized spacial score (nSPS) is 12.4. The van der Waals surface area contributed by atoms with Crippen LogP contribution in [0.25, 0.3) is 0 Å². The number of ether oxygens (including phenoxy) is 2. The molecule has 0 bridgehead atoms. The van der Waals surface area contributed by atoms with Crippen LogP contribution in [0.5, 0.6) is 5.75 Å². The summed E-state index contributed by atoms with van der Waals surface area (Å²) >= 11 is 0. The summed E-state index contributed by atoms with van der Waals surface area (Å²) in [5.74, 6) is 0.406. The third kappa shape index (κ3) is 6.57. The quantitative estimate of drug-likeness (QED) is 0.702. The summed E-state index contributed by atoms with van der Waals surface area (Å²) in [4.78, 5) is 10.7. The van der Waals surface area contributed by atoms with E-state index in [1.165, 1.54) is 0 Å². The van der Waals surface area contributed by atoms with Gasteiger partial charge in [-0.1, -0.05) is 13.8 Å². The molecule has 20 heavy (non-hydrogen) atoms. The summed E-state index contributed by atoms with van der Waals surface area (Å²) in [6.45, 7) is 7.71. The zero-order valence-electron chi connectivity index (χ0n) is 12.5. The van der Waals surface area contributed by atoms with E-state index in [-0.39, 0.29) is 11.7 Å². The fourth-order valence-corrected chi connectivity index (χ4v) is 1.96. The molecule has 0 heterocycles. The van der Waals surface area contributed by atoms with Gasteiger partial charge in [0.2, 0.25) is 0 Å². The van der Waals surface area contributed by atoms with Crippen molar-refractivity contribution in [3.05, 3.63) is 29.8 Å². The molecule has 1 rings (SSSR count). The van der Waals surface area contributed by atoms with Crippen LogP contribution in [0, 0.1) is 5.92 Å². The van der Waals surface area contributed by atoms with E-state index in [0.717, 1.165) is 12.8 Å². The maximum atomic E-state index is 10.7. The minimum Gasteiger partial charge on any atom is -0.494 e. The zero-order valence-corrected chi connectivity index (χ0v) is 12.5. The standard InChI is InChI=1S/C16H24O4/c1-12(2)11-13(3)19-9-4-10-20-15-7-5-14(6-8-15)16(17)18/h5-8,12-13H,4,9-11H2,1-3H3,(H,17,18). The Hall–Kier alpha value is -1.55. The molecule has 1 aromatic carbocycles. The Bertz CT molecular complexity index is 397. The summed E-state index contributed by atoms with van der Waals surface area (Å²) in [6.07, 6.45) is 2.17. The van der Waals surface area contributed by atoms with Crippen LogP contribution in [0.15, 0.2) is 24.3 Å². The van der Waals surface area contributed by atoms with Crippen molar-refractivity contribution in [2.45, 2.75) is 39.7 Å². The Labute approximate surface area is 120 Å². The minimum absolute atomic E-state index is 0.267. The van der Waals surface area contributed by atoms with Crippen LogP contribution in [0.3, 0.4) is 0 Å². The van der Waals surface area contributed by atoms with Crippen molar-refractivity contribution < 1.29 is 19.4 Å². The molecule has 1 aromatic rings. The summed E-state index contributed by atoms with van der Waals surface area (Å²) < 4.78 is 11.2. The van der Waals surface area contributed by atoms with Gasteiger partial charge >= 0.3 is 5.97 Å². The molecule has 0 aliphatic heterocycles. The van der Waals surface area contributed by atoms with E-state index < -0.39 is 5.97 Å². The molecule has 112 valence electrons. The third-order valence-electron chi connectivity index (χ3n) is 2.86. The monoisotopic (exact) mass is 280 g/mol. The van der Waals surface area contributed by atoms with Gasteiger partial charge in [0, 0.05) is 6.42 Å². The molecule has 0 radical (unpaired) electrons. The summed E-state index contributed by atoms with van der Waals surface area (Å²) in [5, 5.41) is 8.78. The van der Waals surface area contributed by atoms with Gasteiger partial charge in [-0.25, -0.2) is 4.79 Å². The van der Waals surface area contributed by atoms with E-state index in [0.29, 0.717) is 24.9 Å². The second-order valence-corrected chi connectivity index (χ2v) is 5.34. The average molecular weight is 280 g/mol. The maximum absolute atomic E-state index is 10.7. The van der Waals surface area contributed by atoms with Gasteiger partial charge in [0.05, 0.1) is 24.9 Å². The Morgan fingerprint density at radius 3 is 2.35 bits per heavy atom. The van der Waals surface area contributed by atoms with Crippen molar-refractivity contribution in [2.75, 3.05) is 13.2 Å². The first-order valence-corrected chi connectivity index (χ1v) is 7.06. The first-order chi connectivity index (χ1) is 9.49. The lowest BCUT2D eigenvalue weighted by molar-refractivity contribution is 0.0447. The van der Waals surface area contributed by atoms with E-state index in [1.807, 2.05) is 0 Å². The first kappa shape index (κ1) is 16.5. The predicted octanol–water partition coefficient (Wildman–Crippen LogP) is 3.60. The summed E-state index contributed by atoms with van der Waals surface area (Å²) in [5.41, 5.74) is 0.267. The van der Waals surface area contributed by atoms with Crippen molar-refractivity contribution in [3.8, 4) is 5.75 Å². The largest absolute Gasteiger partial charge is 0.494 e. The molecular formula is C16H24O4. The van der Waals surface area contributed by atoms with Gasteiger partial charge in [-0.3, -0.25) is 0 Å². The molecule has 4 heteroatoms. The van der Waals surface area contributed by atoms with Crippen LogP contribution in [-0.4, -0.2) is 30.4 Å². The highest BCUT2D eigenvalue weighted by Crippen LogP contribution is 2.12. The highest BCUT2D eigenvalue weighted by Gasteiger charge is 2.05. The van der Waals surface area contributed by atoms with E-state index in [2.05, 4.69) is 20.8 Å². The van der Waals surface area contributed by atoms with Crippen LogP contribution in [0.4, 0.5) is 0 Å². The fourth-order valence-electron chi connectivity index (χ4n) is 1.96. The zero-order chi connectivity index (χ0) is 15.0. The number of benzene rings is 1. The van der Waals surface area contributed by atoms with Crippen molar-refractivity contribution in [2.24, 2.45) is 5.92 Å². The van der Waals surface area contributed by atoms with E-state index in [1.54, 1.807) is 24.3 Å². The Morgan fingerprint density at radius 1 is 1.15 bits per heavy atom. The predicted molar refractivity (Wildman–Crippen MR) is 78.4 cm³/mol. The lowest BCUT2D eigenvalue weighted by atomic mass is 10.1. The summed E-state index contributed by atoms with van der Waals surface area (Å²) in [7, 11) is 0. The number of carboxylic acid groups (broad SMARTS) is 1. The average Bonchev–Trinajstić information content (AvgIpc) is 2.38. The number of hydrogen-bond donors (Lipinski definition) is 1. The molecule has 1 atom stereocenters. The van der Waals surface area contributed by atoms with Gasteiger partial charge in [0.1, 0.15) is 5.75 Å². The van der Waals surface area contributed by atoms with Crippen molar-refractivity contribution in [1.29, 1.82) is 0 Å². The Balaban J connectivity index is 2.16.